The van der Waals surface area contributed by atoms with E-state index in [9.17, 15) is 9.90 Å². The molecule has 2 heterocycles. The summed E-state index contributed by atoms with van der Waals surface area (Å²) in [5.74, 6) is 0.576. The lowest BCUT2D eigenvalue weighted by atomic mass is 9.58. The van der Waals surface area contributed by atoms with Crippen LogP contribution in [0.25, 0.3) is 0 Å². The van der Waals surface area contributed by atoms with E-state index in [0.717, 1.165) is 18.5 Å². The first-order valence-electron chi connectivity index (χ1n) is 8.19. The summed E-state index contributed by atoms with van der Waals surface area (Å²) in [7, 11) is 1.71. The quantitative estimate of drug-likeness (QED) is 0.882. The van der Waals surface area contributed by atoms with Crippen LogP contribution in [-0.4, -0.2) is 58.5 Å². The lowest BCUT2D eigenvalue weighted by Crippen LogP contribution is -2.62. The lowest BCUT2D eigenvalue weighted by Gasteiger charge is -2.56. The molecule has 3 aliphatic rings. The van der Waals surface area contributed by atoms with Crippen LogP contribution < -0.4 is 0 Å². The number of nitrogens with one attached hydrogen (secondary N) is 1. The number of rotatable bonds is 3. The number of aliphatic hydroxyl groups excluding tert-OH is 1. The van der Waals surface area contributed by atoms with E-state index in [2.05, 4.69) is 10.2 Å². The molecule has 22 heavy (non-hydrogen) atoms. The maximum Gasteiger partial charge on any atom is 0.274 e. The Morgan fingerprint density at radius 2 is 2.18 bits per heavy atom. The van der Waals surface area contributed by atoms with Crippen LogP contribution in [-0.2, 0) is 4.74 Å². The zero-order valence-corrected chi connectivity index (χ0v) is 12.9. The number of aromatic amines is 1. The third-order valence-electron chi connectivity index (χ3n) is 5.84. The number of carbonyl (C=O) groups is 1. The smallest absolute Gasteiger partial charge is 0.274 e. The largest absolute Gasteiger partial charge is 0.392 e. The number of methoxy groups -OCH3 is 1. The van der Waals surface area contributed by atoms with E-state index in [4.69, 9.17) is 4.74 Å². The zero-order valence-electron chi connectivity index (χ0n) is 12.9. The minimum absolute atomic E-state index is 0.000722. The standard InChI is InChI=1S/C16H23N3O3/c1-22-14-9-13(20)16(14)4-6-19(7-5-16)15(21)12-8-11(17-18-12)10-2-3-10/h8,10,13-14,20H,2-7,9H2,1H3,(H,17,18)/t13-,14+/m1/s1. The summed E-state index contributed by atoms with van der Waals surface area (Å²) in [6.07, 6.45) is 4.55. The Hall–Kier alpha value is -1.40. The number of likely N-dealkylation sites (tertiary alicyclic amines) is 1. The first-order valence-corrected chi connectivity index (χ1v) is 8.19. The topological polar surface area (TPSA) is 78.5 Å². The van der Waals surface area contributed by atoms with Gasteiger partial charge in [0.2, 0.25) is 0 Å². The molecule has 0 bridgehead atoms. The van der Waals surface area contributed by atoms with E-state index in [1.165, 1.54) is 12.8 Å². The van der Waals surface area contributed by atoms with Gasteiger partial charge in [-0.1, -0.05) is 0 Å². The Morgan fingerprint density at radius 1 is 1.45 bits per heavy atom. The van der Waals surface area contributed by atoms with Crippen molar-refractivity contribution in [1.82, 2.24) is 15.1 Å². The Kier molecular flexibility index (Phi) is 3.27. The third-order valence-corrected chi connectivity index (χ3v) is 5.84. The van der Waals surface area contributed by atoms with E-state index >= 15 is 0 Å². The number of H-pyrrole nitrogens is 1. The van der Waals surface area contributed by atoms with Crippen LogP contribution in [0.2, 0.25) is 0 Å². The van der Waals surface area contributed by atoms with Gasteiger partial charge in [0, 0.05) is 43.6 Å². The molecule has 6 nitrogen and oxygen atoms in total. The number of ether oxygens (including phenoxy) is 1. The second-order valence-corrected chi connectivity index (χ2v) is 6.98. The summed E-state index contributed by atoms with van der Waals surface area (Å²) in [6.45, 7) is 1.34. The molecule has 1 aliphatic heterocycles. The second-order valence-electron chi connectivity index (χ2n) is 6.98. The molecule has 0 aromatic carbocycles. The second kappa shape index (κ2) is 5.06. The van der Waals surface area contributed by atoms with E-state index in [-0.39, 0.29) is 23.5 Å². The number of carbonyl (C=O) groups excluding carboxylic acids is 1. The average molecular weight is 305 g/mol. The molecule has 2 saturated carbocycles. The number of aliphatic hydroxyl groups is 1. The minimum atomic E-state index is -0.290. The van der Waals surface area contributed by atoms with Gasteiger partial charge in [-0.3, -0.25) is 9.89 Å². The number of hydrogen-bond donors (Lipinski definition) is 2. The molecule has 0 radical (unpaired) electrons. The maximum atomic E-state index is 12.6. The average Bonchev–Trinajstić information content (AvgIpc) is 3.29. The molecule has 1 amide bonds. The van der Waals surface area contributed by atoms with Crippen molar-refractivity contribution in [2.45, 2.75) is 50.2 Å². The summed E-state index contributed by atoms with van der Waals surface area (Å²) in [5.41, 5.74) is 1.47. The fourth-order valence-electron chi connectivity index (χ4n) is 4.05. The predicted octanol–water partition coefficient (Wildman–Crippen LogP) is 1.29. The van der Waals surface area contributed by atoms with Crippen molar-refractivity contribution in [3.8, 4) is 0 Å². The van der Waals surface area contributed by atoms with Crippen molar-refractivity contribution < 1.29 is 14.6 Å². The van der Waals surface area contributed by atoms with Crippen LogP contribution in [0.5, 0.6) is 0 Å². The summed E-state index contributed by atoms with van der Waals surface area (Å²) < 4.78 is 5.49. The molecule has 4 rings (SSSR count). The molecule has 2 aliphatic carbocycles. The Labute approximate surface area is 129 Å². The van der Waals surface area contributed by atoms with Gasteiger partial charge in [0.25, 0.3) is 5.91 Å². The highest BCUT2D eigenvalue weighted by Crippen LogP contribution is 2.50. The van der Waals surface area contributed by atoms with E-state index in [0.29, 0.717) is 31.1 Å². The lowest BCUT2D eigenvalue weighted by molar-refractivity contribution is -0.199. The van der Waals surface area contributed by atoms with Gasteiger partial charge in [-0.25, -0.2) is 0 Å². The molecule has 2 N–H and O–H groups in total. The molecule has 0 unspecified atom stereocenters. The van der Waals surface area contributed by atoms with Gasteiger partial charge in [0.05, 0.1) is 12.2 Å². The molecule has 1 spiro atoms. The van der Waals surface area contributed by atoms with Gasteiger partial charge in [-0.05, 0) is 31.7 Å². The molecule has 2 atom stereocenters. The van der Waals surface area contributed by atoms with E-state index in [1.54, 1.807) is 7.11 Å². The number of amides is 1. The number of piperidine rings is 1. The van der Waals surface area contributed by atoms with Crippen molar-refractivity contribution in [2.24, 2.45) is 5.41 Å². The van der Waals surface area contributed by atoms with Crippen molar-refractivity contribution in [1.29, 1.82) is 0 Å². The summed E-state index contributed by atoms with van der Waals surface area (Å²) in [6, 6.07) is 1.90. The highest BCUT2D eigenvalue weighted by Gasteiger charge is 2.56. The molecular formula is C16H23N3O3. The molecule has 1 saturated heterocycles. The van der Waals surface area contributed by atoms with Crippen LogP contribution in [0, 0.1) is 5.41 Å². The van der Waals surface area contributed by atoms with Crippen molar-refractivity contribution in [3.05, 3.63) is 17.5 Å². The van der Waals surface area contributed by atoms with Gasteiger partial charge in [-0.15, -0.1) is 0 Å². The van der Waals surface area contributed by atoms with Crippen molar-refractivity contribution >= 4 is 5.91 Å². The van der Waals surface area contributed by atoms with Crippen molar-refractivity contribution in [3.63, 3.8) is 0 Å². The zero-order chi connectivity index (χ0) is 15.3. The molecule has 1 aromatic heterocycles. The highest BCUT2D eigenvalue weighted by atomic mass is 16.5. The summed E-state index contributed by atoms with van der Waals surface area (Å²) in [5, 5.41) is 17.3. The van der Waals surface area contributed by atoms with Gasteiger partial charge in [-0.2, -0.15) is 5.10 Å². The Bertz CT molecular complexity index is 573. The first kappa shape index (κ1) is 14.2. The van der Waals surface area contributed by atoms with Crippen LogP contribution in [0.3, 0.4) is 0 Å². The van der Waals surface area contributed by atoms with Gasteiger partial charge in [0.1, 0.15) is 5.69 Å². The van der Waals surface area contributed by atoms with Crippen LogP contribution in [0.4, 0.5) is 0 Å². The molecule has 6 heteroatoms. The van der Waals surface area contributed by atoms with Crippen LogP contribution in [0.1, 0.15) is 54.2 Å². The Morgan fingerprint density at radius 3 is 2.77 bits per heavy atom. The van der Waals surface area contributed by atoms with Crippen molar-refractivity contribution in [2.75, 3.05) is 20.2 Å². The van der Waals surface area contributed by atoms with Gasteiger partial charge in [0.15, 0.2) is 0 Å². The molecule has 120 valence electrons. The highest BCUT2D eigenvalue weighted by molar-refractivity contribution is 5.92. The van der Waals surface area contributed by atoms with Crippen LogP contribution in [0.15, 0.2) is 6.07 Å². The predicted molar refractivity (Wildman–Crippen MR) is 79.6 cm³/mol. The van der Waals surface area contributed by atoms with E-state index < -0.39 is 0 Å². The molecule has 1 aromatic rings. The third kappa shape index (κ3) is 2.08. The normalized spacial score (nSPS) is 30.4. The SMILES string of the molecule is CO[C@H]1C[C@@H](O)C12CCN(C(=O)c1cc(C3CC3)[nH]n1)CC2. The van der Waals surface area contributed by atoms with Gasteiger partial charge < -0.3 is 14.7 Å². The van der Waals surface area contributed by atoms with E-state index in [1.807, 2.05) is 11.0 Å². The van der Waals surface area contributed by atoms with Gasteiger partial charge >= 0.3 is 0 Å². The van der Waals surface area contributed by atoms with Crippen LogP contribution >= 0.6 is 0 Å². The molecule has 3 fully saturated rings. The fraction of sp³-hybridized carbons (Fsp3) is 0.750. The summed E-state index contributed by atoms with van der Waals surface area (Å²) >= 11 is 0. The maximum absolute atomic E-state index is 12.6. The number of hydrogen-bond acceptors (Lipinski definition) is 4. The monoisotopic (exact) mass is 305 g/mol. The Balaban J connectivity index is 1.41. The number of nitrogens with zero attached hydrogens (tertiary/aromatic N) is 2. The summed E-state index contributed by atoms with van der Waals surface area (Å²) in [4.78, 5) is 14.4. The first-order chi connectivity index (χ1) is 10.6. The fourth-order valence-corrected chi connectivity index (χ4v) is 4.05. The molecular weight excluding hydrogens is 282 g/mol. The minimum Gasteiger partial charge on any atom is -0.392 e. The number of aromatic nitrogens is 2.